The number of urea groups is 1. The second-order valence-electron chi connectivity index (χ2n) is 6.38. The zero-order valence-electron chi connectivity index (χ0n) is 14.9. The fraction of sp³-hybridized carbons (Fsp3) is 0.471. The van der Waals surface area contributed by atoms with E-state index in [0.717, 1.165) is 18.6 Å². The number of anilines is 2. The molecule has 1 saturated heterocycles. The number of carbonyl (C=O) groups excluding carboxylic acids is 3. The Morgan fingerprint density at radius 1 is 1.26 bits per heavy atom. The van der Waals surface area contributed by atoms with E-state index in [9.17, 15) is 27.6 Å². The summed E-state index contributed by atoms with van der Waals surface area (Å²) in [6.45, 7) is 3.74. The van der Waals surface area contributed by atoms with Crippen molar-refractivity contribution in [2.75, 3.05) is 23.7 Å². The van der Waals surface area contributed by atoms with Crippen LogP contribution in [0.5, 0.6) is 0 Å². The Balaban J connectivity index is 2.05. The summed E-state index contributed by atoms with van der Waals surface area (Å²) in [6.07, 6.45) is -3.49. The number of hydrogen-bond acceptors (Lipinski definition) is 3. The summed E-state index contributed by atoms with van der Waals surface area (Å²) in [6, 6.07) is 1.84. The molecule has 0 spiro atoms. The molecule has 0 aromatic heterocycles. The number of nitrogens with zero attached hydrogens (tertiary/aromatic N) is 1. The lowest BCUT2D eigenvalue weighted by Crippen LogP contribution is -2.44. The van der Waals surface area contributed by atoms with E-state index in [4.69, 9.17) is 0 Å². The van der Waals surface area contributed by atoms with E-state index in [2.05, 4.69) is 16.0 Å². The summed E-state index contributed by atoms with van der Waals surface area (Å²) < 4.78 is 39.8. The fourth-order valence-electron chi connectivity index (χ4n) is 2.82. The Hall–Kier alpha value is -2.78. The van der Waals surface area contributed by atoms with E-state index in [1.165, 1.54) is 13.0 Å². The number of benzene rings is 1. The van der Waals surface area contributed by atoms with Gasteiger partial charge in [-0.2, -0.15) is 13.2 Å². The van der Waals surface area contributed by atoms with Gasteiger partial charge in [0.25, 0.3) is 0 Å². The quantitative estimate of drug-likeness (QED) is 0.727. The van der Waals surface area contributed by atoms with Crippen LogP contribution in [-0.4, -0.2) is 41.9 Å². The molecule has 3 N–H and O–H groups in total. The molecule has 1 aliphatic heterocycles. The number of rotatable bonds is 5. The van der Waals surface area contributed by atoms with Crippen LogP contribution < -0.4 is 16.0 Å². The molecule has 0 saturated carbocycles. The van der Waals surface area contributed by atoms with Crippen LogP contribution in [0.3, 0.4) is 0 Å². The monoisotopic (exact) mass is 386 g/mol. The maximum atomic E-state index is 13.3. The first kappa shape index (κ1) is 20.5. The van der Waals surface area contributed by atoms with Gasteiger partial charge in [0, 0.05) is 38.2 Å². The van der Waals surface area contributed by atoms with Crippen LogP contribution in [0.4, 0.5) is 29.3 Å². The number of amides is 4. The van der Waals surface area contributed by atoms with Crippen LogP contribution in [0.1, 0.15) is 32.3 Å². The molecule has 0 unspecified atom stereocenters. The van der Waals surface area contributed by atoms with E-state index in [1.54, 1.807) is 11.8 Å². The van der Waals surface area contributed by atoms with Crippen molar-refractivity contribution in [1.82, 2.24) is 10.2 Å². The number of halogens is 3. The molecular weight excluding hydrogens is 365 g/mol. The number of alkyl halides is 3. The van der Waals surface area contributed by atoms with Crippen molar-refractivity contribution in [3.63, 3.8) is 0 Å². The van der Waals surface area contributed by atoms with Crippen LogP contribution in [0, 0.1) is 0 Å². The van der Waals surface area contributed by atoms with Crippen LogP contribution >= 0.6 is 0 Å². The predicted octanol–water partition coefficient (Wildman–Crippen LogP) is 2.80. The molecule has 1 fully saturated rings. The minimum Gasteiger partial charge on any atom is -0.341 e. The first-order valence-corrected chi connectivity index (χ1v) is 8.40. The van der Waals surface area contributed by atoms with Crippen LogP contribution in [0.15, 0.2) is 18.2 Å². The van der Waals surface area contributed by atoms with Crippen molar-refractivity contribution in [2.45, 2.75) is 38.9 Å². The summed E-state index contributed by atoms with van der Waals surface area (Å²) in [5.74, 6) is -0.510. The van der Waals surface area contributed by atoms with Crippen LogP contribution in [-0.2, 0) is 15.8 Å². The summed E-state index contributed by atoms with van der Waals surface area (Å²) in [5.41, 5.74) is -1.54. The van der Waals surface area contributed by atoms with E-state index in [0.29, 0.717) is 19.5 Å². The van der Waals surface area contributed by atoms with Gasteiger partial charge in [-0.05, 0) is 31.5 Å². The molecular formula is C17H21F3N4O3. The molecule has 27 heavy (non-hydrogen) atoms. The first-order chi connectivity index (χ1) is 12.6. The van der Waals surface area contributed by atoms with E-state index in [1.807, 2.05) is 0 Å². The predicted molar refractivity (Wildman–Crippen MR) is 93.2 cm³/mol. The third-order valence-electron chi connectivity index (χ3n) is 3.94. The fourth-order valence-corrected chi connectivity index (χ4v) is 2.82. The minimum atomic E-state index is -4.72. The van der Waals surface area contributed by atoms with Gasteiger partial charge < -0.3 is 20.9 Å². The molecule has 1 aromatic rings. The van der Waals surface area contributed by atoms with Gasteiger partial charge in [-0.3, -0.25) is 9.59 Å². The molecule has 4 amide bonds. The maximum Gasteiger partial charge on any atom is 0.418 e. The molecule has 0 bridgehead atoms. The summed E-state index contributed by atoms with van der Waals surface area (Å²) in [4.78, 5) is 36.3. The maximum absolute atomic E-state index is 13.3. The lowest BCUT2D eigenvalue weighted by Gasteiger charge is -2.22. The molecule has 10 heteroatoms. The summed E-state index contributed by atoms with van der Waals surface area (Å²) >= 11 is 0. The zero-order valence-corrected chi connectivity index (χ0v) is 14.9. The highest BCUT2D eigenvalue weighted by atomic mass is 19.4. The van der Waals surface area contributed by atoms with Crippen molar-refractivity contribution >= 4 is 29.2 Å². The van der Waals surface area contributed by atoms with Gasteiger partial charge in [0.05, 0.1) is 11.3 Å². The van der Waals surface area contributed by atoms with E-state index >= 15 is 0 Å². The molecule has 2 rings (SSSR count). The third-order valence-corrected chi connectivity index (χ3v) is 3.94. The lowest BCUT2D eigenvalue weighted by molar-refractivity contribution is -0.137. The second kappa shape index (κ2) is 8.28. The molecule has 1 aromatic carbocycles. The van der Waals surface area contributed by atoms with Crippen molar-refractivity contribution in [2.24, 2.45) is 0 Å². The van der Waals surface area contributed by atoms with Gasteiger partial charge in [0.2, 0.25) is 11.8 Å². The highest BCUT2D eigenvalue weighted by molar-refractivity contribution is 5.92. The molecule has 7 nitrogen and oxygen atoms in total. The number of likely N-dealkylation sites (tertiary alicyclic amines) is 1. The zero-order chi connectivity index (χ0) is 20.2. The Kier molecular flexibility index (Phi) is 6.29. The molecule has 148 valence electrons. The minimum absolute atomic E-state index is 0.00280. The van der Waals surface area contributed by atoms with Gasteiger partial charge in [-0.25, -0.2) is 4.79 Å². The number of carbonyl (C=O) groups is 3. The van der Waals surface area contributed by atoms with Crippen molar-refractivity contribution in [3.05, 3.63) is 23.8 Å². The SMILES string of the molecule is CC(=O)Nc1ccc(NC(=O)N[C@H](C)CN2CCCC2=O)c(C(F)(F)F)c1. The highest BCUT2D eigenvalue weighted by Gasteiger charge is 2.34. The van der Waals surface area contributed by atoms with Crippen LogP contribution in [0.25, 0.3) is 0 Å². The van der Waals surface area contributed by atoms with E-state index in [-0.39, 0.29) is 11.6 Å². The lowest BCUT2D eigenvalue weighted by atomic mass is 10.1. The van der Waals surface area contributed by atoms with Crippen LogP contribution in [0.2, 0.25) is 0 Å². The Bertz CT molecular complexity index is 737. The topological polar surface area (TPSA) is 90.5 Å². The normalized spacial score (nSPS) is 15.4. The standard InChI is InChI=1S/C17H21F3N4O3/c1-10(9-24-7-3-4-15(24)26)21-16(27)23-14-6-5-12(22-11(2)25)8-13(14)17(18,19)20/h5-6,8,10H,3-4,7,9H2,1-2H3,(H,22,25)(H2,21,23,27)/t10-/m1/s1. The Morgan fingerprint density at radius 3 is 2.52 bits per heavy atom. The third kappa shape index (κ3) is 5.87. The average molecular weight is 386 g/mol. The van der Waals surface area contributed by atoms with Crippen molar-refractivity contribution in [3.8, 4) is 0 Å². The van der Waals surface area contributed by atoms with Gasteiger partial charge in [-0.15, -0.1) is 0 Å². The molecule has 1 atom stereocenters. The van der Waals surface area contributed by atoms with Gasteiger partial charge in [0.15, 0.2) is 0 Å². The second-order valence-corrected chi connectivity index (χ2v) is 6.38. The first-order valence-electron chi connectivity index (χ1n) is 8.40. The smallest absolute Gasteiger partial charge is 0.341 e. The van der Waals surface area contributed by atoms with Gasteiger partial charge >= 0.3 is 12.2 Å². The highest BCUT2D eigenvalue weighted by Crippen LogP contribution is 2.36. The van der Waals surface area contributed by atoms with Crippen molar-refractivity contribution < 1.29 is 27.6 Å². The Morgan fingerprint density at radius 2 is 1.96 bits per heavy atom. The van der Waals surface area contributed by atoms with Crippen molar-refractivity contribution in [1.29, 1.82) is 0 Å². The molecule has 1 aliphatic rings. The summed E-state index contributed by atoms with van der Waals surface area (Å²) in [5, 5.41) is 6.97. The van der Waals surface area contributed by atoms with E-state index < -0.39 is 35.4 Å². The van der Waals surface area contributed by atoms with Gasteiger partial charge in [-0.1, -0.05) is 0 Å². The molecule has 1 heterocycles. The number of hydrogen-bond donors (Lipinski definition) is 3. The van der Waals surface area contributed by atoms with Gasteiger partial charge in [0.1, 0.15) is 0 Å². The largest absolute Gasteiger partial charge is 0.418 e. The molecule has 0 radical (unpaired) electrons. The number of nitrogens with one attached hydrogen (secondary N) is 3. The molecule has 0 aliphatic carbocycles. The average Bonchev–Trinajstić information content (AvgIpc) is 2.92. The summed E-state index contributed by atoms with van der Waals surface area (Å²) in [7, 11) is 0. The Labute approximate surface area is 154 Å².